The predicted molar refractivity (Wildman–Crippen MR) is 92.8 cm³/mol. The largest absolute Gasteiger partial charge is 0.497 e. The second-order valence-electron chi connectivity index (χ2n) is 5.89. The highest BCUT2D eigenvalue weighted by Crippen LogP contribution is 2.40. The highest BCUT2D eigenvalue weighted by Gasteiger charge is 2.52. The number of carbonyl (C=O) groups excluding carboxylic acids is 1. The number of benzene rings is 2. The van der Waals surface area contributed by atoms with E-state index >= 15 is 0 Å². The van der Waals surface area contributed by atoms with Crippen LogP contribution in [0, 0.1) is 0 Å². The SMILES string of the molecule is COc1ccc(N2CC[C@@]3(O)C(=O)c4cc(Cl)ccc4N=C23)cc1. The van der Waals surface area contributed by atoms with Crippen LogP contribution in [-0.4, -0.2) is 36.0 Å². The number of aliphatic imine (C=N–C) groups is 1. The van der Waals surface area contributed by atoms with Gasteiger partial charge in [0, 0.05) is 29.2 Å². The normalized spacial score (nSPS) is 22.0. The van der Waals surface area contributed by atoms with Gasteiger partial charge in [-0.3, -0.25) is 4.79 Å². The molecule has 2 aliphatic rings. The molecule has 24 heavy (non-hydrogen) atoms. The summed E-state index contributed by atoms with van der Waals surface area (Å²) in [6.45, 7) is 0.509. The number of carbonyl (C=O) groups is 1. The fourth-order valence-electron chi connectivity index (χ4n) is 3.22. The Labute approximate surface area is 144 Å². The standard InChI is InChI=1S/C18H15ClN2O3/c1-24-13-5-3-12(4-6-13)21-9-8-18(23)16(22)14-10-11(19)2-7-15(14)20-17(18)21/h2-7,10,23H,8-9H2,1H3/t18-/m1/s1. The lowest BCUT2D eigenvalue weighted by Crippen LogP contribution is -2.48. The average Bonchev–Trinajstić information content (AvgIpc) is 2.94. The third-order valence-corrected chi connectivity index (χ3v) is 4.75. The minimum atomic E-state index is -1.60. The zero-order valence-corrected chi connectivity index (χ0v) is 13.7. The number of fused-ring (bicyclic) bond motifs is 2. The van der Waals surface area contributed by atoms with Gasteiger partial charge < -0.3 is 14.7 Å². The van der Waals surface area contributed by atoms with Crippen molar-refractivity contribution in [1.82, 2.24) is 0 Å². The summed E-state index contributed by atoms with van der Waals surface area (Å²) in [5.41, 5.74) is 0.156. The molecule has 0 saturated carbocycles. The van der Waals surface area contributed by atoms with E-state index in [1.54, 1.807) is 25.3 Å². The van der Waals surface area contributed by atoms with Gasteiger partial charge in [-0.05, 0) is 42.5 Å². The van der Waals surface area contributed by atoms with Gasteiger partial charge in [0.15, 0.2) is 5.60 Å². The summed E-state index contributed by atoms with van der Waals surface area (Å²) in [5, 5.41) is 11.4. The topological polar surface area (TPSA) is 62.1 Å². The third-order valence-electron chi connectivity index (χ3n) is 4.51. The number of halogens is 1. The van der Waals surface area contributed by atoms with Crippen LogP contribution in [0.25, 0.3) is 0 Å². The van der Waals surface area contributed by atoms with E-state index in [1.165, 1.54) is 0 Å². The molecule has 0 aromatic heterocycles. The summed E-state index contributed by atoms with van der Waals surface area (Å²) >= 11 is 5.98. The highest BCUT2D eigenvalue weighted by molar-refractivity contribution is 6.33. The van der Waals surface area contributed by atoms with E-state index in [0.29, 0.717) is 35.1 Å². The number of nitrogens with zero attached hydrogens (tertiary/aromatic N) is 2. The first-order valence-corrected chi connectivity index (χ1v) is 7.98. The summed E-state index contributed by atoms with van der Waals surface area (Å²) in [6, 6.07) is 12.4. The highest BCUT2D eigenvalue weighted by atomic mass is 35.5. The summed E-state index contributed by atoms with van der Waals surface area (Å²) in [5.74, 6) is 0.767. The van der Waals surface area contributed by atoms with Crippen LogP contribution >= 0.6 is 11.6 Å². The van der Waals surface area contributed by atoms with Crippen molar-refractivity contribution in [3.63, 3.8) is 0 Å². The molecule has 1 N–H and O–H groups in total. The molecule has 0 unspecified atom stereocenters. The molecule has 0 radical (unpaired) electrons. The van der Waals surface area contributed by atoms with Crippen molar-refractivity contribution >= 4 is 34.6 Å². The lowest BCUT2D eigenvalue weighted by molar-refractivity contribution is 0.0602. The summed E-state index contributed by atoms with van der Waals surface area (Å²) in [7, 11) is 1.61. The molecule has 0 aliphatic carbocycles. The van der Waals surface area contributed by atoms with E-state index in [1.807, 2.05) is 29.2 Å². The Morgan fingerprint density at radius 1 is 1.25 bits per heavy atom. The van der Waals surface area contributed by atoms with Crippen molar-refractivity contribution in [3.05, 3.63) is 53.1 Å². The van der Waals surface area contributed by atoms with Gasteiger partial charge in [-0.1, -0.05) is 11.6 Å². The van der Waals surface area contributed by atoms with Crippen LogP contribution in [0.3, 0.4) is 0 Å². The van der Waals surface area contributed by atoms with E-state index in [-0.39, 0.29) is 5.78 Å². The van der Waals surface area contributed by atoms with E-state index in [0.717, 1.165) is 11.4 Å². The van der Waals surface area contributed by atoms with Gasteiger partial charge in [0.2, 0.25) is 5.78 Å². The van der Waals surface area contributed by atoms with E-state index < -0.39 is 5.60 Å². The molecule has 2 aliphatic heterocycles. The number of amidine groups is 1. The molecule has 4 rings (SSSR count). The van der Waals surface area contributed by atoms with Crippen molar-refractivity contribution in [3.8, 4) is 5.75 Å². The van der Waals surface area contributed by atoms with Gasteiger partial charge in [0.1, 0.15) is 11.6 Å². The first-order chi connectivity index (χ1) is 11.5. The van der Waals surface area contributed by atoms with Gasteiger partial charge >= 0.3 is 0 Å². The third kappa shape index (κ3) is 2.12. The van der Waals surface area contributed by atoms with Crippen molar-refractivity contribution in [1.29, 1.82) is 0 Å². The molecular formula is C18H15ClN2O3. The number of ether oxygens (including phenoxy) is 1. The minimum absolute atomic E-state index is 0.294. The maximum atomic E-state index is 12.8. The van der Waals surface area contributed by atoms with Gasteiger partial charge in [-0.15, -0.1) is 0 Å². The molecule has 0 amide bonds. The molecule has 0 bridgehead atoms. The Hall–Kier alpha value is -2.37. The first kappa shape index (κ1) is 15.2. The monoisotopic (exact) mass is 342 g/mol. The molecule has 6 heteroatoms. The van der Waals surface area contributed by atoms with Crippen LogP contribution in [0.15, 0.2) is 47.5 Å². The van der Waals surface area contributed by atoms with Crippen LogP contribution in [-0.2, 0) is 0 Å². The Morgan fingerprint density at radius 3 is 2.71 bits per heavy atom. The first-order valence-electron chi connectivity index (χ1n) is 7.60. The van der Waals surface area contributed by atoms with Crippen LogP contribution in [0.1, 0.15) is 16.8 Å². The van der Waals surface area contributed by atoms with Crippen LogP contribution < -0.4 is 9.64 Å². The molecule has 2 heterocycles. The molecule has 2 aromatic rings. The van der Waals surface area contributed by atoms with Gasteiger partial charge in [-0.25, -0.2) is 4.99 Å². The zero-order valence-electron chi connectivity index (χ0n) is 13.0. The molecule has 1 saturated heterocycles. The Bertz CT molecular complexity index is 863. The van der Waals surface area contributed by atoms with Crippen molar-refractivity contribution in [2.75, 3.05) is 18.6 Å². The zero-order chi connectivity index (χ0) is 16.9. The quantitative estimate of drug-likeness (QED) is 0.910. The van der Waals surface area contributed by atoms with Crippen LogP contribution in [0.4, 0.5) is 11.4 Å². The van der Waals surface area contributed by atoms with Crippen molar-refractivity contribution in [2.45, 2.75) is 12.0 Å². The maximum Gasteiger partial charge on any atom is 0.204 e. The number of hydrogen-bond acceptors (Lipinski definition) is 5. The lowest BCUT2D eigenvalue weighted by Gasteiger charge is -2.29. The molecule has 1 fully saturated rings. The summed E-state index contributed by atoms with van der Waals surface area (Å²) in [4.78, 5) is 19.2. The molecule has 2 aromatic carbocycles. The number of rotatable bonds is 2. The Balaban J connectivity index is 1.81. The summed E-state index contributed by atoms with van der Waals surface area (Å²) < 4.78 is 5.17. The van der Waals surface area contributed by atoms with E-state index in [2.05, 4.69) is 4.99 Å². The maximum absolute atomic E-state index is 12.8. The van der Waals surface area contributed by atoms with Crippen molar-refractivity contribution < 1.29 is 14.6 Å². The molecule has 1 atom stereocenters. The number of hydrogen-bond donors (Lipinski definition) is 1. The predicted octanol–water partition coefficient (Wildman–Crippen LogP) is 3.22. The van der Waals surface area contributed by atoms with E-state index in [4.69, 9.17) is 16.3 Å². The minimum Gasteiger partial charge on any atom is -0.497 e. The average molecular weight is 343 g/mol. The fraction of sp³-hybridized carbons (Fsp3) is 0.222. The molecular weight excluding hydrogens is 328 g/mol. The Morgan fingerprint density at radius 2 is 2.00 bits per heavy atom. The second-order valence-corrected chi connectivity index (χ2v) is 6.32. The Kier molecular flexibility index (Phi) is 3.37. The van der Waals surface area contributed by atoms with Crippen LogP contribution in [0.2, 0.25) is 5.02 Å². The van der Waals surface area contributed by atoms with Gasteiger partial charge in [0.25, 0.3) is 0 Å². The van der Waals surface area contributed by atoms with Crippen molar-refractivity contribution in [2.24, 2.45) is 4.99 Å². The fourth-order valence-corrected chi connectivity index (χ4v) is 3.39. The number of ketones is 1. The molecule has 5 nitrogen and oxygen atoms in total. The smallest absolute Gasteiger partial charge is 0.204 e. The molecule has 0 spiro atoms. The number of aliphatic hydroxyl groups is 1. The van der Waals surface area contributed by atoms with Crippen LogP contribution in [0.5, 0.6) is 5.75 Å². The lowest BCUT2D eigenvalue weighted by atomic mass is 9.87. The van der Waals surface area contributed by atoms with Gasteiger partial charge in [0.05, 0.1) is 12.8 Å². The summed E-state index contributed by atoms with van der Waals surface area (Å²) in [6.07, 6.45) is 0.294. The van der Waals surface area contributed by atoms with Gasteiger partial charge in [-0.2, -0.15) is 0 Å². The second kappa shape index (κ2) is 5.33. The number of methoxy groups -OCH3 is 1. The number of anilines is 1. The number of Topliss-reactive ketones (excluding diaryl/α,β-unsaturated/α-hetero) is 1. The molecule has 122 valence electrons. The van der Waals surface area contributed by atoms with E-state index in [9.17, 15) is 9.90 Å².